The fourth-order valence-corrected chi connectivity index (χ4v) is 2.76. The molecule has 1 aromatic carbocycles. The number of aryl methyl sites for hydroxylation is 1. The first-order valence-electron chi connectivity index (χ1n) is 5.83. The number of hydrogen-bond acceptors (Lipinski definition) is 0. The summed E-state index contributed by atoms with van der Waals surface area (Å²) in [6, 6.07) is 8.89. The Hall–Kier alpha value is -0.780. The number of rotatable bonds is 1. The molecule has 1 aliphatic carbocycles. The zero-order chi connectivity index (χ0) is 9.97. The van der Waals surface area contributed by atoms with Crippen LogP contribution in [0.15, 0.2) is 24.3 Å². The Morgan fingerprint density at radius 2 is 1.93 bits per heavy atom. The first kappa shape index (κ1) is 9.76. The predicted octanol–water partition coefficient (Wildman–Crippen LogP) is 4.29. The van der Waals surface area contributed by atoms with Crippen molar-refractivity contribution in [3.63, 3.8) is 0 Å². The van der Waals surface area contributed by atoms with Gasteiger partial charge in [-0.15, -0.1) is 0 Å². The van der Waals surface area contributed by atoms with E-state index in [0.717, 1.165) is 11.8 Å². The quantitative estimate of drug-likeness (QED) is 0.616. The van der Waals surface area contributed by atoms with Crippen LogP contribution in [0.5, 0.6) is 0 Å². The Kier molecular flexibility index (Phi) is 2.90. The maximum Gasteiger partial charge on any atom is -0.0157 e. The van der Waals surface area contributed by atoms with E-state index < -0.39 is 0 Å². The third-order valence-corrected chi connectivity index (χ3v) is 3.56. The molecule has 0 heterocycles. The van der Waals surface area contributed by atoms with Crippen molar-refractivity contribution in [2.75, 3.05) is 0 Å². The molecule has 0 amide bonds. The molecule has 2 atom stereocenters. The van der Waals surface area contributed by atoms with Crippen LogP contribution in [0.3, 0.4) is 0 Å². The molecular formula is C14H20. The van der Waals surface area contributed by atoms with Crippen LogP contribution >= 0.6 is 0 Å². The van der Waals surface area contributed by atoms with E-state index in [1.807, 2.05) is 0 Å². The van der Waals surface area contributed by atoms with Crippen LogP contribution in [0.4, 0.5) is 0 Å². The zero-order valence-corrected chi connectivity index (χ0v) is 9.29. The third-order valence-electron chi connectivity index (χ3n) is 3.56. The van der Waals surface area contributed by atoms with Crippen molar-refractivity contribution >= 4 is 0 Å². The highest BCUT2D eigenvalue weighted by Crippen LogP contribution is 2.36. The predicted molar refractivity (Wildman–Crippen MR) is 61.6 cm³/mol. The lowest BCUT2D eigenvalue weighted by molar-refractivity contribution is 0.343. The lowest BCUT2D eigenvalue weighted by Gasteiger charge is -2.28. The van der Waals surface area contributed by atoms with Crippen molar-refractivity contribution < 1.29 is 0 Å². The lowest BCUT2D eigenvalue weighted by atomic mass is 9.78. The Bertz CT molecular complexity index is 301. The SMILES string of the molecule is Cc1ccccc1C1CCCC(C)C1. The van der Waals surface area contributed by atoms with Crippen LogP contribution in [-0.2, 0) is 0 Å². The van der Waals surface area contributed by atoms with E-state index >= 15 is 0 Å². The molecule has 0 aromatic heterocycles. The van der Waals surface area contributed by atoms with Crippen LogP contribution in [0.2, 0.25) is 0 Å². The van der Waals surface area contributed by atoms with Crippen molar-refractivity contribution in [3.05, 3.63) is 35.4 Å². The van der Waals surface area contributed by atoms with Crippen LogP contribution in [0.25, 0.3) is 0 Å². The summed E-state index contributed by atoms with van der Waals surface area (Å²) in [5, 5.41) is 0. The topological polar surface area (TPSA) is 0 Å². The third kappa shape index (κ3) is 2.00. The van der Waals surface area contributed by atoms with Gasteiger partial charge >= 0.3 is 0 Å². The lowest BCUT2D eigenvalue weighted by Crippen LogP contribution is -2.12. The van der Waals surface area contributed by atoms with Gasteiger partial charge in [-0.3, -0.25) is 0 Å². The van der Waals surface area contributed by atoms with E-state index in [2.05, 4.69) is 38.1 Å². The second-order valence-electron chi connectivity index (χ2n) is 4.83. The van der Waals surface area contributed by atoms with Gasteiger partial charge in [0.1, 0.15) is 0 Å². The first-order valence-corrected chi connectivity index (χ1v) is 5.83. The van der Waals surface area contributed by atoms with E-state index in [-0.39, 0.29) is 0 Å². The summed E-state index contributed by atoms with van der Waals surface area (Å²) in [5.41, 5.74) is 3.07. The summed E-state index contributed by atoms with van der Waals surface area (Å²) in [5.74, 6) is 1.76. The Morgan fingerprint density at radius 1 is 1.14 bits per heavy atom. The molecule has 2 unspecified atom stereocenters. The van der Waals surface area contributed by atoms with Gasteiger partial charge < -0.3 is 0 Å². The van der Waals surface area contributed by atoms with Gasteiger partial charge in [-0.1, -0.05) is 44.0 Å². The molecule has 2 rings (SSSR count). The van der Waals surface area contributed by atoms with Gasteiger partial charge in [-0.25, -0.2) is 0 Å². The maximum atomic E-state index is 2.39. The van der Waals surface area contributed by atoms with Gasteiger partial charge in [0.05, 0.1) is 0 Å². The van der Waals surface area contributed by atoms with E-state index in [1.165, 1.54) is 31.2 Å². The molecule has 1 fully saturated rings. The summed E-state index contributed by atoms with van der Waals surface area (Å²) in [4.78, 5) is 0. The number of hydrogen-bond donors (Lipinski definition) is 0. The normalized spacial score (nSPS) is 27.6. The molecule has 0 nitrogen and oxygen atoms in total. The summed E-state index contributed by atoms with van der Waals surface area (Å²) in [7, 11) is 0. The smallest absolute Gasteiger partial charge is 0.0157 e. The Morgan fingerprint density at radius 3 is 2.64 bits per heavy atom. The highest BCUT2D eigenvalue weighted by Gasteiger charge is 2.20. The van der Waals surface area contributed by atoms with Crippen molar-refractivity contribution in [1.82, 2.24) is 0 Å². The van der Waals surface area contributed by atoms with E-state index in [9.17, 15) is 0 Å². The van der Waals surface area contributed by atoms with Crippen molar-refractivity contribution in [1.29, 1.82) is 0 Å². The first-order chi connectivity index (χ1) is 6.77. The molecular weight excluding hydrogens is 168 g/mol. The van der Waals surface area contributed by atoms with Gasteiger partial charge in [0.15, 0.2) is 0 Å². The molecule has 0 spiro atoms. The average molecular weight is 188 g/mol. The second-order valence-corrected chi connectivity index (χ2v) is 4.83. The van der Waals surface area contributed by atoms with Crippen LogP contribution < -0.4 is 0 Å². The minimum absolute atomic E-state index is 0.833. The fourth-order valence-electron chi connectivity index (χ4n) is 2.76. The van der Waals surface area contributed by atoms with Crippen molar-refractivity contribution in [3.8, 4) is 0 Å². The van der Waals surface area contributed by atoms with Gasteiger partial charge in [-0.05, 0) is 42.7 Å². The van der Waals surface area contributed by atoms with E-state index in [0.29, 0.717) is 0 Å². The molecule has 0 heteroatoms. The summed E-state index contributed by atoms with van der Waals surface area (Å²) < 4.78 is 0. The fraction of sp³-hybridized carbons (Fsp3) is 0.571. The largest absolute Gasteiger partial charge is 0.0625 e. The summed E-state index contributed by atoms with van der Waals surface area (Å²) >= 11 is 0. The minimum Gasteiger partial charge on any atom is -0.0625 e. The summed E-state index contributed by atoms with van der Waals surface area (Å²) in [6.45, 7) is 4.64. The Labute approximate surface area is 87.3 Å². The van der Waals surface area contributed by atoms with Gasteiger partial charge in [-0.2, -0.15) is 0 Å². The van der Waals surface area contributed by atoms with E-state index in [4.69, 9.17) is 0 Å². The monoisotopic (exact) mass is 188 g/mol. The molecule has 0 radical (unpaired) electrons. The average Bonchev–Trinajstić information content (AvgIpc) is 2.18. The molecule has 76 valence electrons. The van der Waals surface area contributed by atoms with Crippen molar-refractivity contribution in [2.24, 2.45) is 5.92 Å². The molecule has 0 saturated heterocycles. The molecule has 0 bridgehead atoms. The number of benzene rings is 1. The van der Waals surface area contributed by atoms with Crippen LogP contribution in [0.1, 0.15) is 49.7 Å². The molecule has 0 N–H and O–H groups in total. The van der Waals surface area contributed by atoms with Gasteiger partial charge in [0.2, 0.25) is 0 Å². The minimum atomic E-state index is 0.833. The summed E-state index contributed by atoms with van der Waals surface area (Å²) in [6.07, 6.45) is 5.64. The highest BCUT2D eigenvalue weighted by molar-refractivity contribution is 5.29. The van der Waals surface area contributed by atoms with E-state index in [1.54, 1.807) is 5.56 Å². The molecule has 14 heavy (non-hydrogen) atoms. The standard InChI is InChI=1S/C14H20/c1-11-6-5-8-13(10-11)14-9-4-3-7-12(14)2/h3-4,7,9,11,13H,5-6,8,10H2,1-2H3. The molecule has 0 aliphatic heterocycles. The van der Waals surface area contributed by atoms with Crippen LogP contribution in [0, 0.1) is 12.8 Å². The zero-order valence-electron chi connectivity index (χ0n) is 9.29. The van der Waals surface area contributed by atoms with Gasteiger partial charge in [0, 0.05) is 0 Å². The van der Waals surface area contributed by atoms with Crippen molar-refractivity contribution in [2.45, 2.75) is 45.4 Å². The Balaban J connectivity index is 2.18. The molecule has 1 saturated carbocycles. The highest BCUT2D eigenvalue weighted by atomic mass is 14.3. The van der Waals surface area contributed by atoms with Crippen LogP contribution in [-0.4, -0.2) is 0 Å². The molecule has 1 aliphatic rings. The molecule has 1 aromatic rings. The maximum absolute atomic E-state index is 2.39. The second kappa shape index (κ2) is 4.16. The van der Waals surface area contributed by atoms with Gasteiger partial charge in [0.25, 0.3) is 0 Å².